The summed E-state index contributed by atoms with van der Waals surface area (Å²) in [7, 11) is -3.45. The van der Waals surface area contributed by atoms with Gasteiger partial charge in [-0.15, -0.1) is 0 Å². The van der Waals surface area contributed by atoms with Crippen LogP contribution < -0.4 is 15.4 Å². The number of ketones is 1. The van der Waals surface area contributed by atoms with E-state index in [1.165, 1.54) is 0 Å². The highest BCUT2D eigenvalue weighted by Crippen LogP contribution is 2.26. The SMILES string of the molecule is O=C(CNc1ccnc(Nc2ccc3c(c2)S(=O)(=O)NC3)n1)c1ccccc1. The number of hydrogen-bond acceptors (Lipinski definition) is 7. The molecule has 3 N–H and O–H groups in total. The summed E-state index contributed by atoms with van der Waals surface area (Å²) >= 11 is 0. The van der Waals surface area contributed by atoms with Gasteiger partial charge in [-0.1, -0.05) is 36.4 Å². The minimum absolute atomic E-state index is 0.0509. The highest BCUT2D eigenvalue weighted by molar-refractivity contribution is 7.89. The van der Waals surface area contributed by atoms with E-state index in [0.29, 0.717) is 29.6 Å². The molecule has 0 aliphatic carbocycles. The maximum Gasteiger partial charge on any atom is 0.241 e. The van der Waals surface area contributed by atoms with Crippen LogP contribution in [0.2, 0.25) is 0 Å². The van der Waals surface area contributed by atoms with Gasteiger partial charge in [-0.3, -0.25) is 4.79 Å². The Balaban J connectivity index is 1.45. The van der Waals surface area contributed by atoms with Gasteiger partial charge in [-0.2, -0.15) is 4.98 Å². The molecule has 1 aliphatic heterocycles. The minimum Gasteiger partial charge on any atom is -0.362 e. The molecule has 0 unspecified atom stereocenters. The number of aromatic nitrogens is 2. The Labute approximate surface area is 162 Å². The van der Waals surface area contributed by atoms with Crippen molar-refractivity contribution >= 4 is 33.3 Å². The third kappa shape index (κ3) is 3.85. The molecule has 0 spiro atoms. The van der Waals surface area contributed by atoms with Gasteiger partial charge in [0, 0.05) is 24.0 Å². The smallest absolute Gasteiger partial charge is 0.241 e. The molecule has 0 fully saturated rings. The first-order valence-corrected chi connectivity index (χ1v) is 10.0. The molecule has 0 radical (unpaired) electrons. The molecule has 2 heterocycles. The molecule has 0 amide bonds. The summed E-state index contributed by atoms with van der Waals surface area (Å²) in [5.41, 5.74) is 1.90. The van der Waals surface area contributed by atoms with Crippen molar-refractivity contribution in [1.82, 2.24) is 14.7 Å². The first-order chi connectivity index (χ1) is 13.5. The van der Waals surface area contributed by atoms with Crippen molar-refractivity contribution in [2.45, 2.75) is 11.4 Å². The Kier molecular flexibility index (Phi) is 4.76. The first kappa shape index (κ1) is 18.1. The van der Waals surface area contributed by atoms with Crippen LogP contribution in [-0.2, 0) is 16.6 Å². The van der Waals surface area contributed by atoms with Crippen LogP contribution in [-0.4, -0.2) is 30.7 Å². The number of nitrogens with one attached hydrogen (secondary N) is 3. The van der Waals surface area contributed by atoms with Crippen molar-refractivity contribution in [2.24, 2.45) is 0 Å². The molecule has 4 rings (SSSR count). The van der Waals surface area contributed by atoms with Crippen LogP contribution in [0.5, 0.6) is 0 Å². The summed E-state index contributed by atoms with van der Waals surface area (Å²) in [6, 6.07) is 15.7. The van der Waals surface area contributed by atoms with Crippen LogP contribution in [0, 0.1) is 0 Å². The van der Waals surface area contributed by atoms with Crippen LogP contribution in [0.1, 0.15) is 15.9 Å². The number of sulfonamides is 1. The second-order valence-corrected chi connectivity index (χ2v) is 7.92. The van der Waals surface area contributed by atoms with Gasteiger partial charge in [0.1, 0.15) is 5.82 Å². The largest absolute Gasteiger partial charge is 0.362 e. The minimum atomic E-state index is -3.45. The number of anilines is 3. The molecule has 0 saturated carbocycles. The summed E-state index contributed by atoms with van der Waals surface area (Å²) < 4.78 is 26.4. The van der Waals surface area contributed by atoms with Crippen LogP contribution in [0.3, 0.4) is 0 Å². The number of nitrogens with zero attached hydrogens (tertiary/aromatic N) is 2. The van der Waals surface area contributed by atoms with Gasteiger partial charge in [0.2, 0.25) is 16.0 Å². The van der Waals surface area contributed by atoms with E-state index in [1.54, 1.807) is 42.6 Å². The fourth-order valence-electron chi connectivity index (χ4n) is 2.82. The van der Waals surface area contributed by atoms with Crippen LogP contribution in [0.15, 0.2) is 65.7 Å². The number of Topliss-reactive ketones (excluding diaryl/α,β-unsaturated/α-hetero) is 1. The number of carbonyl (C=O) groups excluding carboxylic acids is 1. The van der Waals surface area contributed by atoms with E-state index in [2.05, 4.69) is 25.3 Å². The van der Waals surface area contributed by atoms with Gasteiger partial charge < -0.3 is 10.6 Å². The molecule has 1 aromatic heterocycles. The number of benzene rings is 2. The fraction of sp³-hybridized carbons (Fsp3) is 0.105. The monoisotopic (exact) mass is 395 g/mol. The second kappa shape index (κ2) is 7.37. The van der Waals surface area contributed by atoms with Crippen LogP contribution in [0.4, 0.5) is 17.5 Å². The number of hydrogen-bond donors (Lipinski definition) is 3. The van der Waals surface area contributed by atoms with Crippen LogP contribution >= 0.6 is 0 Å². The standard InChI is InChI=1S/C19H17N5O3S/c25-16(13-4-2-1-3-5-13)12-21-18-8-9-20-19(24-18)23-15-7-6-14-11-22-28(26,27)17(14)10-15/h1-10,22H,11-12H2,(H2,20,21,23,24). The zero-order valence-electron chi connectivity index (χ0n) is 14.7. The van der Waals surface area contributed by atoms with Gasteiger partial charge >= 0.3 is 0 Å². The van der Waals surface area contributed by atoms with Gasteiger partial charge in [-0.05, 0) is 23.8 Å². The molecule has 0 saturated heterocycles. The molecule has 142 valence electrons. The molecule has 28 heavy (non-hydrogen) atoms. The molecule has 9 heteroatoms. The molecule has 8 nitrogen and oxygen atoms in total. The predicted octanol–water partition coefficient (Wildman–Crippen LogP) is 2.31. The average Bonchev–Trinajstić information content (AvgIpc) is 3.01. The highest BCUT2D eigenvalue weighted by Gasteiger charge is 2.25. The molecule has 0 atom stereocenters. The summed E-state index contributed by atoms with van der Waals surface area (Å²) in [5, 5.41) is 5.97. The first-order valence-electron chi connectivity index (χ1n) is 8.56. The van der Waals surface area contributed by atoms with E-state index >= 15 is 0 Å². The van der Waals surface area contributed by atoms with Crippen LogP contribution in [0.25, 0.3) is 0 Å². The van der Waals surface area contributed by atoms with E-state index in [0.717, 1.165) is 5.56 Å². The summed E-state index contributed by atoms with van der Waals surface area (Å²) in [6.45, 7) is 0.395. The Morgan fingerprint density at radius 3 is 2.75 bits per heavy atom. The molecule has 3 aromatic rings. The summed E-state index contributed by atoms with van der Waals surface area (Å²) in [4.78, 5) is 20.9. The zero-order chi connectivity index (χ0) is 19.6. The van der Waals surface area contributed by atoms with Gasteiger partial charge in [-0.25, -0.2) is 18.1 Å². The van der Waals surface area contributed by atoms with Crippen molar-refractivity contribution < 1.29 is 13.2 Å². The lowest BCUT2D eigenvalue weighted by Crippen LogP contribution is -2.15. The topological polar surface area (TPSA) is 113 Å². The third-order valence-electron chi connectivity index (χ3n) is 4.25. The zero-order valence-corrected chi connectivity index (χ0v) is 15.5. The molecule has 1 aliphatic rings. The van der Waals surface area contributed by atoms with Crippen molar-refractivity contribution in [2.75, 3.05) is 17.2 Å². The Bertz CT molecular complexity index is 1130. The van der Waals surface area contributed by atoms with Gasteiger partial charge in [0.15, 0.2) is 5.78 Å². The average molecular weight is 395 g/mol. The van der Waals surface area contributed by atoms with Crippen molar-refractivity contribution in [1.29, 1.82) is 0 Å². The molecular weight excluding hydrogens is 378 g/mol. The normalized spacial score (nSPS) is 14.3. The maximum absolute atomic E-state index is 12.2. The Hall–Kier alpha value is -3.30. The molecule has 0 bridgehead atoms. The quantitative estimate of drug-likeness (QED) is 0.549. The number of fused-ring (bicyclic) bond motifs is 1. The summed E-state index contributed by atoms with van der Waals surface area (Å²) in [5.74, 6) is 0.725. The van der Waals surface area contributed by atoms with E-state index in [-0.39, 0.29) is 17.2 Å². The number of rotatable bonds is 6. The van der Waals surface area contributed by atoms with Gasteiger partial charge in [0.25, 0.3) is 0 Å². The fourth-order valence-corrected chi connectivity index (χ4v) is 4.09. The third-order valence-corrected chi connectivity index (χ3v) is 5.73. The van der Waals surface area contributed by atoms with E-state index in [1.807, 2.05) is 18.2 Å². The Morgan fingerprint density at radius 1 is 1.11 bits per heavy atom. The van der Waals surface area contributed by atoms with Gasteiger partial charge in [0.05, 0.1) is 11.4 Å². The lowest BCUT2D eigenvalue weighted by Gasteiger charge is -2.09. The van der Waals surface area contributed by atoms with Crippen molar-refractivity contribution in [3.05, 3.63) is 71.9 Å². The molecular formula is C19H17N5O3S. The lowest BCUT2D eigenvalue weighted by molar-refractivity contribution is 0.101. The Morgan fingerprint density at radius 2 is 1.93 bits per heavy atom. The number of carbonyl (C=O) groups is 1. The second-order valence-electron chi connectivity index (χ2n) is 6.18. The van der Waals surface area contributed by atoms with E-state index in [4.69, 9.17) is 0 Å². The van der Waals surface area contributed by atoms with E-state index in [9.17, 15) is 13.2 Å². The maximum atomic E-state index is 12.2. The highest BCUT2D eigenvalue weighted by atomic mass is 32.2. The lowest BCUT2D eigenvalue weighted by atomic mass is 10.1. The predicted molar refractivity (Wildman–Crippen MR) is 105 cm³/mol. The summed E-state index contributed by atoms with van der Waals surface area (Å²) in [6.07, 6.45) is 1.55. The van der Waals surface area contributed by atoms with Crippen molar-refractivity contribution in [3.8, 4) is 0 Å². The van der Waals surface area contributed by atoms with E-state index < -0.39 is 10.0 Å². The molecule has 2 aromatic carbocycles. The van der Waals surface area contributed by atoms with Crippen molar-refractivity contribution in [3.63, 3.8) is 0 Å².